The normalized spacial score (nSPS) is 11.8. The molecule has 3 heterocycles. The Morgan fingerprint density at radius 1 is 0.365 bits per heavy atom. The first-order valence-electron chi connectivity index (χ1n) is 17.4. The van der Waals surface area contributed by atoms with Crippen LogP contribution in [0.2, 0.25) is 0 Å². The Balaban J connectivity index is 1.23. The first-order valence-corrected chi connectivity index (χ1v) is 19.1. The molecule has 0 amide bonds. The maximum absolute atomic E-state index is 6.17. The van der Waals surface area contributed by atoms with Crippen molar-refractivity contribution in [3.8, 4) is 45.3 Å². The molecule has 8 aromatic carbocycles. The van der Waals surface area contributed by atoms with E-state index >= 15 is 0 Å². The fourth-order valence-corrected chi connectivity index (χ4v) is 10.6. The predicted octanol–water partition coefficient (Wildman–Crippen LogP) is 12.1. The molecule has 0 unspecified atom stereocenters. The number of hydrogen-bond donors (Lipinski definition) is 0. The standard InChI is InChI=1S/C47H27N3OSe/c1-3-12-28(13-4-1)33-19-11-20-36-38-27-39(35-24-22-29-14-7-8-17-32(29)42(35)44(38)52-43(33)36)47-49-45(30-15-5-2-6-16-30)48-46(50-47)31-23-25-41-37(26-31)34-18-9-10-21-40(34)51-41/h1-27H. The van der Waals surface area contributed by atoms with E-state index in [0.29, 0.717) is 17.5 Å². The number of hydrogen-bond acceptors (Lipinski definition) is 4. The predicted molar refractivity (Wildman–Crippen MR) is 216 cm³/mol. The van der Waals surface area contributed by atoms with Crippen LogP contribution in [0.15, 0.2) is 168 Å². The third kappa shape index (κ3) is 4.57. The summed E-state index contributed by atoms with van der Waals surface area (Å²) in [6, 6.07) is 57.7. The van der Waals surface area contributed by atoms with Crippen molar-refractivity contribution in [1.29, 1.82) is 0 Å². The fourth-order valence-electron chi connectivity index (χ4n) is 7.67. The van der Waals surface area contributed by atoms with Crippen LogP contribution >= 0.6 is 0 Å². The van der Waals surface area contributed by atoms with Gasteiger partial charge in [-0.1, -0.05) is 12.1 Å². The summed E-state index contributed by atoms with van der Waals surface area (Å²) in [5.74, 6) is 1.92. The second-order valence-corrected chi connectivity index (χ2v) is 15.3. The van der Waals surface area contributed by atoms with Crippen molar-refractivity contribution in [3.63, 3.8) is 0 Å². The maximum atomic E-state index is 6.17. The van der Waals surface area contributed by atoms with Crippen LogP contribution in [0.1, 0.15) is 0 Å². The molecule has 0 fully saturated rings. The van der Waals surface area contributed by atoms with Crippen molar-refractivity contribution in [3.05, 3.63) is 164 Å². The molecule has 242 valence electrons. The Morgan fingerprint density at radius 3 is 1.88 bits per heavy atom. The molecule has 0 bridgehead atoms. The Bertz CT molecular complexity index is 3180. The van der Waals surface area contributed by atoms with Crippen LogP contribution in [0.25, 0.3) is 108 Å². The van der Waals surface area contributed by atoms with Gasteiger partial charge in [-0.05, 0) is 6.07 Å². The van der Waals surface area contributed by atoms with Crippen molar-refractivity contribution in [2.75, 3.05) is 0 Å². The molecule has 0 aliphatic carbocycles. The van der Waals surface area contributed by atoms with E-state index in [9.17, 15) is 0 Å². The average Bonchev–Trinajstić information content (AvgIpc) is 3.79. The molecule has 4 nitrogen and oxygen atoms in total. The third-order valence-corrected chi connectivity index (χ3v) is 12.8. The number of fused-ring (bicyclic) bond motifs is 10. The van der Waals surface area contributed by atoms with Gasteiger partial charge in [-0.25, -0.2) is 0 Å². The first-order chi connectivity index (χ1) is 25.8. The molecule has 0 aliphatic heterocycles. The van der Waals surface area contributed by atoms with E-state index in [0.717, 1.165) is 44.0 Å². The molecule has 0 saturated carbocycles. The van der Waals surface area contributed by atoms with Gasteiger partial charge in [-0.15, -0.1) is 0 Å². The van der Waals surface area contributed by atoms with E-state index in [1.165, 1.54) is 46.6 Å². The third-order valence-electron chi connectivity index (χ3n) is 10.1. The van der Waals surface area contributed by atoms with Gasteiger partial charge in [0.15, 0.2) is 0 Å². The topological polar surface area (TPSA) is 51.8 Å². The summed E-state index contributed by atoms with van der Waals surface area (Å²) in [6.45, 7) is 0. The van der Waals surface area contributed by atoms with Crippen LogP contribution in [-0.4, -0.2) is 29.5 Å². The molecule has 0 radical (unpaired) electrons. The van der Waals surface area contributed by atoms with E-state index < -0.39 is 0 Å². The van der Waals surface area contributed by atoms with Crippen LogP contribution in [0.4, 0.5) is 0 Å². The zero-order valence-electron chi connectivity index (χ0n) is 27.7. The van der Waals surface area contributed by atoms with E-state index in [2.05, 4.69) is 121 Å². The number of furan rings is 1. The van der Waals surface area contributed by atoms with Crippen molar-refractivity contribution >= 4 is 77.3 Å². The number of para-hydroxylation sites is 1. The molecule has 52 heavy (non-hydrogen) atoms. The van der Waals surface area contributed by atoms with Gasteiger partial charge in [0.05, 0.1) is 0 Å². The molecule has 5 heteroatoms. The van der Waals surface area contributed by atoms with Gasteiger partial charge >= 0.3 is 288 Å². The summed E-state index contributed by atoms with van der Waals surface area (Å²) in [7, 11) is 0. The van der Waals surface area contributed by atoms with Crippen LogP contribution in [0.3, 0.4) is 0 Å². The molecule has 11 aromatic rings. The summed E-state index contributed by atoms with van der Waals surface area (Å²) < 4.78 is 9.00. The average molecular weight is 729 g/mol. The summed E-state index contributed by atoms with van der Waals surface area (Å²) in [6.07, 6.45) is 0. The minimum absolute atomic E-state index is 0.0975. The monoisotopic (exact) mass is 729 g/mol. The van der Waals surface area contributed by atoms with Crippen molar-refractivity contribution < 1.29 is 4.42 Å². The quantitative estimate of drug-likeness (QED) is 0.134. The van der Waals surface area contributed by atoms with Gasteiger partial charge < -0.3 is 0 Å². The molecule has 11 rings (SSSR count). The van der Waals surface area contributed by atoms with E-state index in [4.69, 9.17) is 19.4 Å². The summed E-state index contributed by atoms with van der Waals surface area (Å²) >= 11 is 0.0975. The fraction of sp³-hybridized carbons (Fsp3) is 0. The number of rotatable bonds is 4. The van der Waals surface area contributed by atoms with Crippen LogP contribution in [-0.2, 0) is 0 Å². The molecule has 0 N–H and O–H groups in total. The van der Waals surface area contributed by atoms with Crippen LogP contribution in [0.5, 0.6) is 0 Å². The van der Waals surface area contributed by atoms with Gasteiger partial charge in [0.1, 0.15) is 0 Å². The first kappa shape index (κ1) is 29.4. The minimum atomic E-state index is 0.0975. The Labute approximate surface area is 304 Å². The SMILES string of the molecule is c1ccc(-c2nc(-c3ccc4oc5ccccc5c4c3)nc(-c3cc4c5cccc(-c6ccccc6)c5[se]c4c4c3ccc3ccccc34)n2)cc1. The summed E-state index contributed by atoms with van der Waals surface area (Å²) in [4.78, 5) is 15.6. The second-order valence-electron chi connectivity index (χ2n) is 13.1. The van der Waals surface area contributed by atoms with Gasteiger partial charge in [0, 0.05) is 0 Å². The Kier molecular flexibility index (Phi) is 6.53. The Morgan fingerprint density at radius 2 is 1.04 bits per heavy atom. The zero-order valence-corrected chi connectivity index (χ0v) is 29.5. The van der Waals surface area contributed by atoms with Crippen molar-refractivity contribution in [2.45, 2.75) is 0 Å². The van der Waals surface area contributed by atoms with E-state index in [1.807, 2.05) is 42.5 Å². The Hall–Kier alpha value is -6.39. The molecule has 3 aromatic heterocycles. The molecular formula is C47H27N3OSe. The van der Waals surface area contributed by atoms with Crippen LogP contribution in [0, 0.1) is 0 Å². The second kappa shape index (κ2) is 11.6. The zero-order chi connectivity index (χ0) is 34.2. The summed E-state index contributed by atoms with van der Waals surface area (Å²) in [5, 5.41) is 9.59. The molecule has 0 aliphatic rings. The van der Waals surface area contributed by atoms with Crippen LogP contribution < -0.4 is 0 Å². The summed E-state index contributed by atoms with van der Waals surface area (Å²) in [5.41, 5.74) is 7.13. The number of benzene rings is 8. The van der Waals surface area contributed by atoms with E-state index in [-0.39, 0.29) is 14.5 Å². The molecular weight excluding hydrogens is 701 g/mol. The van der Waals surface area contributed by atoms with Gasteiger partial charge in [0.25, 0.3) is 0 Å². The van der Waals surface area contributed by atoms with E-state index in [1.54, 1.807) is 0 Å². The molecule has 0 atom stereocenters. The van der Waals surface area contributed by atoms with Gasteiger partial charge in [0.2, 0.25) is 0 Å². The number of aromatic nitrogens is 3. The molecule has 0 spiro atoms. The van der Waals surface area contributed by atoms with Gasteiger partial charge in [-0.2, -0.15) is 0 Å². The van der Waals surface area contributed by atoms with Crippen molar-refractivity contribution in [2.24, 2.45) is 0 Å². The van der Waals surface area contributed by atoms with Gasteiger partial charge in [-0.3, -0.25) is 0 Å². The number of nitrogens with zero attached hydrogens (tertiary/aromatic N) is 3. The molecule has 0 saturated heterocycles. The van der Waals surface area contributed by atoms with Crippen molar-refractivity contribution in [1.82, 2.24) is 15.0 Å².